The molecule has 0 aromatic heterocycles. The third kappa shape index (κ3) is 6.37. The Morgan fingerprint density at radius 2 is 1.88 bits per heavy atom. The van der Waals surface area contributed by atoms with Gasteiger partial charge in [-0.25, -0.2) is 4.79 Å². The van der Waals surface area contributed by atoms with E-state index in [2.05, 4.69) is 40.2 Å². The van der Waals surface area contributed by atoms with Crippen molar-refractivity contribution < 1.29 is 24.3 Å². The highest BCUT2D eigenvalue weighted by atomic mass is 32.2. The number of allylic oxidation sites excluding steroid dienone is 1. The molecule has 4 N–H and O–H groups in total. The van der Waals surface area contributed by atoms with Crippen molar-refractivity contribution in [2.45, 2.75) is 47.8 Å². The number of benzene rings is 3. The van der Waals surface area contributed by atoms with Gasteiger partial charge in [0.2, 0.25) is 11.8 Å². The van der Waals surface area contributed by atoms with E-state index in [0.29, 0.717) is 36.4 Å². The minimum atomic E-state index is -1.22. The average Bonchev–Trinajstić information content (AvgIpc) is 3.73. The maximum atomic E-state index is 13.5. The van der Waals surface area contributed by atoms with Crippen LogP contribution in [0.15, 0.2) is 94.5 Å². The standard InChI is InChI=1S/C36H37N5O5S2/c1-37-17-21-6-8-23(9-7-21)29-16-27(18-38-29)40-13-12-25(33(40)43)14-26-19-48-35-31(34(44)41(35)32(26)36(45)46)39-30(42)20-47-28-11-10-22-4-2-3-5-24(22)15-28/h2-11,14-15,27,29,31,35,37-38H,12-13,16-20H2,1H3,(H,39,42)(H,45,46)/b25-14+/t27-,29+,31+,35+/m0/s1. The number of likely N-dealkylation sites (tertiary alicyclic amines) is 1. The van der Waals surface area contributed by atoms with Gasteiger partial charge in [-0.1, -0.05) is 54.6 Å². The highest BCUT2D eigenvalue weighted by molar-refractivity contribution is 8.00. The van der Waals surface area contributed by atoms with E-state index in [1.54, 1.807) is 6.08 Å². The normalized spacial score (nSPS) is 24.7. The Morgan fingerprint density at radius 1 is 1.08 bits per heavy atom. The molecule has 48 heavy (non-hydrogen) atoms. The lowest BCUT2D eigenvalue weighted by molar-refractivity contribution is -0.150. The first-order valence-electron chi connectivity index (χ1n) is 16.1. The number of nitrogens with one attached hydrogen (secondary N) is 3. The van der Waals surface area contributed by atoms with E-state index in [1.807, 2.05) is 54.4 Å². The van der Waals surface area contributed by atoms with Gasteiger partial charge < -0.3 is 26.0 Å². The molecule has 0 saturated carbocycles. The highest BCUT2D eigenvalue weighted by Gasteiger charge is 2.54. The zero-order chi connectivity index (χ0) is 33.4. The number of carbonyl (C=O) groups excluding carboxylic acids is 3. The number of carboxylic acids is 1. The maximum absolute atomic E-state index is 13.5. The number of carboxylic acid groups (broad SMARTS) is 1. The summed E-state index contributed by atoms with van der Waals surface area (Å²) in [6.07, 6.45) is 3.00. The number of amides is 3. The molecule has 0 unspecified atom stereocenters. The number of fused-ring (bicyclic) bond motifs is 2. The molecule has 0 bridgehead atoms. The molecule has 0 aliphatic carbocycles. The predicted molar refractivity (Wildman–Crippen MR) is 187 cm³/mol. The Morgan fingerprint density at radius 3 is 2.65 bits per heavy atom. The number of nitrogens with zero attached hydrogens (tertiary/aromatic N) is 2. The van der Waals surface area contributed by atoms with Crippen LogP contribution in [0.4, 0.5) is 0 Å². The molecule has 0 radical (unpaired) electrons. The first kappa shape index (κ1) is 32.4. The fourth-order valence-corrected chi connectivity index (χ4v) is 9.04. The van der Waals surface area contributed by atoms with Crippen LogP contribution < -0.4 is 16.0 Å². The molecule has 3 amide bonds. The first-order chi connectivity index (χ1) is 23.3. The molecule has 0 spiro atoms. The summed E-state index contributed by atoms with van der Waals surface area (Å²) in [6.45, 7) is 2.08. The van der Waals surface area contributed by atoms with Crippen LogP contribution in [0.3, 0.4) is 0 Å². The van der Waals surface area contributed by atoms with Gasteiger partial charge in [-0.3, -0.25) is 19.3 Å². The van der Waals surface area contributed by atoms with Gasteiger partial charge in [0.05, 0.1) is 5.75 Å². The molecule has 4 atom stereocenters. The Bertz CT molecular complexity index is 1840. The van der Waals surface area contributed by atoms with Gasteiger partial charge in [0, 0.05) is 47.9 Å². The summed E-state index contributed by atoms with van der Waals surface area (Å²) in [6, 6.07) is 21.9. The lowest BCUT2D eigenvalue weighted by Crippen LogP contribution is -2.70. The van der Waals surface area contributed by atoms with E-state index in [4.69, 9.17) is 0 Å². The third-order valence-electron chi connectivity index (χ3n) is 9.43. The van der Waals surface area contributed by atoms with Crippen molar-refractivity contribution in [1.29, 1.82) is 0 Å². The van der Waals surface area contributed by atoms with Crippen LogP contribution in [-0.2, 0) is 25.7 Å². The number of rotatable bonds is 10. The van der Waals surface area contributed by atoms with E-state index in [0.717, 1.165) is 28.6 Å². The Hall–Kier alpha value is -4.10. The zero-order valence-electron chi connectivity index (χ0n) is 26.5. The van der Waals surface area contributed by atoms with Gasteiger partial charge in [-0.15, -0.1) is 23.5 Å². The second-order valence-electron chi connectivity index (χ2n) is 12.5. The van der Waals surface area contributed by atoms with Gasteiger partial charge in [0.1, 0.15) is 17.1 Å². The van der Waals surface area contributed by atoms with Crippen LogP contribution in [0.2, 0.25) is 0 Å². The Labute approximate surface area is 287 Å². The van der Waals surface area contributed by atoms with Crippen molar-refractivity contribution in [2.75, 3.05) is 31.6 Å². The van der Waals surface area contributed by atoms with Crippen molar-refractivity contribution >= 4 is 58.0 Å². The summed E-state index contributed by atoms with van der Waals surface area (Å²) in [5.74, 6) is -1.58. The zero-order valence-corrected chi connectivity index (χ0v) is 28.1. The molecule has 10 nitrogen and oxygen atoms in total. The number of aliphatic carboxylic acids is 1. The maximum Gasteiger partial charge on any atom is 0.352 e. The predicted octanol–water partition coefficient (Wildman–Crippen LogP) is 3.65. The van der Waals surface area contributed by atoms with Crippen molar-refractivity contribution in [3.63, 3.8) is 0 Å². The minimum Gasteiger partial charge on any atom is -0.477 e. The lowest BCUT2D eigenvalue weighted by Gasteiger charge is -2.49. The second kappa shape index (κ2) is 13.8. The molecule has 4 heterocycles. The van der Waals surface area contributed by atoms with Gasteiger partial charge in [-0.05, 0) is 65.6 Å². The van der Waals surface area contributed by atoms with Crippen LogP contribution >= 0.6 is 23.5 Å². The molecule has 3 saturated heterocycles. The summed E-state index contributed by atoms with van der Waals surface area (Å²) in [5.41, 5.74) is 3.31. The summed E-state index contributed by atoms with van der Waals surface area (Å²) in [4.78, 5) is 56.2. The van der Waals surface area contributed by atoms with Gasteiger partial charge in [0.15, 0.2) is 0 Å². The van der Waals surface area contributed by atoms with Crippen LogP contribution in [0, 0.1) is 0 Å². The van der Waals surface area contributed by atoms with E-state index in [1.165, 1.54) is 39.6 Å². The second-order valence-corrected chi connectivity index (χ2v) is 14.6. The van der Waals surface area contributed by atoms with E-state index >= 15 is 0 Å². The number of thioether (sulfide) groups is 2. The summed E-state index contributed by atoms with van der Waals surface area (Å²) >= 11 is 2.79. The topological polar surface area (TPSA) is 131 Å². The minimum absolute atomic E-state index is 0.0455. The van der Waals surface area contributed by atoms with Crippen LogP contribution in [0.1, 0.15) is 30.0 Å². The smallest absolute Gasteiger partial charge is 0.352 e. The summed E-state index contributed by atoms with van der Waals surface area (Å²) < 4.78 is 0. The SMILES string of the molecule is CNCc1ccc([C@H]2C[C@H](N3CC/C(=C\C4=C(C(=O)O)N5C(=O)[C@@H](NC(=O)CSc6ccc7ccccc7c6)[C@H]5SC4)C3=O)CN2)cc1. The molecular weight excluding hydrogens is 647 g/mol. The molecule has 4 aliphatic heterocycles. The molecule has 4 aliphatic rings. The number of β-lactam (4-membered cyclic amide) rings is 1. The largest absolute Gasteiger partial charge is 0.477 e. The van der Waals surface area contributed by atoms with Crippen molar-refractivity contribution in [2.24, 2.45) is 0 Å². The first-order valence-corrected chi connectivity index (χ1v) is 18.1. The van der Waals surface area contributed by atoms with Crippen LogP contribution in [-0.4, -0.2) is 87.7 Å². The molecular formula is C36H37N5O5S2. The quantitative estimate of drug-likeness (QED) is 0.144. The van der Waals surface area contributed by atoms with Crippen molar-refractivity contribution in [1.82, 2.24) is 25.8 Å². The monoisotopic (exact) mass is 683 g/mol. The summed E-state index contributed by atoms with van der Waals surface area (Å²) in [5, 5.41) is 21.4. The molecule has 12 heteroatoms. The highest BCUT2D eigenvalue weighted by Crippen LogP contribution is 2.41. The third-order valence-corrected chi connectivity index (χ3v) is 11.7. The molecule has 3 aromatic rings. The van der Waals surface area contributed by atoms with Crippen LogP contribution in [0.25, 0.3) is 10.8 Å². The fraction of sp³-hybridized carbons (Fsp3) is 0.333. The Kier molecular flexibility index (Phi) is 9.32. The van der Waals surface area contributed by atoms with Crippen LogP contribution in [0.5, 0.6) is 0 Å². The lowest BCUT2D eigenvalue weighted by atomic mass is 10.0. The summed E-state index contributed by atoms with van der Waals surface area (Å²) in [7, 11) is 1.92. The number of carbonyl (C=O) groups is 4. The fourth-order valence-electron chi connectivity index (χ4n) is 6.98. The van der Waals surface area contributed by atoms with Crippen molar-refractivity contribution in [3.05, 3.63) is 101 Å². The number of hydrogen-bond acceptors (Lipinski definition) is 8. The molecule has 248 valence electrons. The average molecular weight is 684 g/mol. The van der Waals surface area contributed by atoms with E-state index in [-0.39, 0.29) is 35.3 Å². The Balaban J connectivity index is 0.973. The number of hydrogen-bond donors (Lipinski definition) is 4. The molecule has 3 aromatic carbocycles. The van der Waals surface area contributed by atoms with E-state index in [9.17, 15) is 24.3 Å². The van der Waals surface area contributed by atoms with Gasteiger partial charge in [0.25, 0.3) is 5.91 Å². The van der Waals surface area contributed by atoms with Gasteiger partial charge in [-0.2, -0.15) is 0 Å². The molecule has 7 rings (SSSR count). The molecule has 3 fully saturated rings. The van der Waals surface area contributed by atoms with Crippen molar-refractivity contribution in [3.8, 4) is 0 Å². The van der Waals surface area contributed by atoms with E-state index < -0.39 is 23.3 Å². The van der Waals surface area contributed by atoms with Gasteiger partial charge >= 0.3 is 5.97 Å².